The van der Waals surface area contributed by atoms with Crippen molar-refractivity contribution in [3.05, 3.63) is 35.4 Å². The van der Waals surface area contributed by atoms with E-state index in [4.69, 9.17) is 4.74 Å². The van der Waals surface area contributed by atoms with Gasteiger partial charge in [-0.05, 0) is 30.4 Å². The number of hydrogen-bond donors (Lipinski definition) is 0. The molecule has 2 saturated heterocycles. The number of hydrogen-bond acceptors (Lipinski definition) is 4. The summed E-state index contributed by atoms with van der Waals surface area (Å²) in [4.78, 5) is 18.1. The van der Waals surface area contributed by atoms with Crippen molar-refractivity contribution in [1.82, 2.24) is 9.80 Å². The van der Waals surface area contributed by atoms with Crippen LogP contribution < -0.4 is 0 Å². The molecule has 2 fully saturated rings. The first-order chi connectivity index (χ1) is 12.3. The predicted molar refractivity (Wildman–Crippen MR) is 102 cm³/mol. The average Bonchev–Trinajstić information content (AvgIpc) is 2.68. The third kappa shape index (κ3) is 3.88. The summed E-state index contributed by atoms with van der Waals surface area (Å²) in [7, 11) is 0. The molecule has 0 aromatic heterocycles. The van der Waals surface area contributed by atoms with Crippen molar-refractivity contribution in [2.75, 3.05) is 50.9 Å². The van der Waals surface area contributed by atoms with Gasteiger partial charge in [0.2, 0.25) is 5.91 Å². The van der Waals surface area contributed by atoms with Crippen molar-refractivity contribution < 1.29 is 9.53 Å². The van der Waals surface area contributed by atoms with Crippen LogP contribution in [-0.2, 0) is 16.0 Å². The second kappa shape index (κ2) is 8.11. The van der Waals surface area contributed by atoms with Gasteiger partial charge in [0.1, 0.15) is 0 Å². The van der Waals surface area contributed by atoms with Crippen LogP contribution in [0, 0.1) is 0 Å². The van der Waals surface area contributed by atoms with Gasteiger partial charge in [-0.1, -0.05) is 24.3 Å². The first kappa shape index (κ1) is 17.4. The number of morpholine rings is 1. The van der Waals surface area contributed by atoms with E-state index in [0.717, 1.165) is 70.2 Å². The lowest BCUT2D eigenvalue weighted by Crippen LogP contribution is -2.54. The number of carbonyl (C=O) groups is 1. The van der Waals surface area contributed by atoms with Gasteiger partial charge in [0.25, 0.3) is 0 Å². The van der Waals surface area contributed by atoms with Crippen LogP contribution in [-0.4, -0.2) is 72.6 Å². The molecule has 1 aliphatic carbocycles. The second-order valence-corrected chi connectivity index (χ2v) is 8.47. The number of amides is 1. The van der Waals surface area contributed by atoms with Gasteiger partial charge in [0, 0.05) is 37.7 Å². The molecule has 5 heteroatoms. The molecule has 1 aromatic carbocycles. The Morgan fingerprint density at radius 1 is 1.20 bits per heavy atom. The Morgan fingerprint density at radius 3 is 2.92 bits per heavy atom. The van der Waals surface area contributed by atoms with Crippen molar-refractivity contribution in [2.24, 2.45) is 0 Å². The van der Waals surface area contributed by atoms with E-state index in [2.05, 4.69) is 34.1 Å². The summed E-state index contributed by atoms with van der Waals surface area (Å²) in [6, 6.07) is 8.91. The van der Waals surface area contributed by atoms with Crippen LogP contribution in [0.15, 0.2) is 24.3 Å². The molecule has 3 aliphatic rings. The maximum atomic E-state index is 13.4. The Labute approximate surface area is 154 Å². The molecule has 4 rings (SSSR count). The molecule has 2 heterocycles. The molecule has 2 unspecified atom stereocenters. The fourth-order valence-corrected chi connectivity index (χ4v) is 5.44. The number of ether oxygens (including phenoxy) is 1. The molecule has 136 valence electrons. The maximum Gasteiger partial charge on any atom is 0.230 e. The first-order valence-corrected chi connectivity index (χ1v) is 10.7. The quantitative estimate of drug-likeness (QED) is 0.829. The van der Waals surface area contributed by atoms with Gasteiger partial charge in [-0.2, -0.15) is 11.8 Å². The molecule has 25 heavy (non-hydrogen) atoms. The number of aryl methyl sites for hydroxylation is 1. The van der Waals surface area contributed by atoms with E-state index in [-0.39, 0.29) is 5.92 Å². The number of fused-ring (bicyclic) bond motifs is 1. The van der Waals surface area contributed by atoms with E-state index in [1.807, 2.05) is 11.8 Å². The van der Waals surface area contributed by atoms with E-state index >= 15 is 0 Å². The molecular weight excluding hydrogens is 332 g/mol. The Hall–Kier alpha value is -1.04. The molecule has 0 saturated carbocycles. The van der Waals surface area contributed by atoms with Gasteiger partial charge in [0.15, 0.2) is 0 Å². The van der Waals surface area contributed by atoms with Crippen molar-refractivity contribution >= 4 is 17.7 Å². The van der Waals surface area contributed by atoms with E-state index in [1.165, 1.54) is 11.1 Å². The van der Waals surface area contributed by atoms with Crippen LogP contribution in [0.5, 0.6) is 0 Å². The monoisotopic (exact) mass is 360 g/mol. The molecular formula is C20H28N2O2S. The highest BCUT2D eigenvalue weighted by molar-refractivity contribution is 7.99. The zero-order chi connectivity index (χ0) is 17.1. The highest BCUT2D eigenvalue weighted by Crippen LogP contribution is 2.34. The van der Waals surface area contributed by atoms with Crippen molar-refractivity contribution in [1.29, 1.82) is 0 Å². The van der Waals surface area contributed by atoms with Gasteiger partial charge in [-0.3, -0.25) is 9.69 Å². The zero-order valence-electron chi connectivity index (χ0n) is 14.9. The van der Waals surface area contributed by atoms with Gasteiger partial charge in [-0.25, -0.2) is 0 Å². The van der Waals surface area contributed by atoms with Crippen molar-refractivity contribution in [3.8, 4) is 0 Å². The highest BCUT2D eigenvalue weighted by atomic mass is 32.2. The molecule has 1 aromatic rings. The van der Waals surface area contributed by atoms with Gasteiger partial charge < -0.3 is 9.64 Å². The lowest BCUT2D eigenvalue weighted by atomic mass is 9.82. The number of benzene rings is 1. The third-order valence-corrected chi connectivity index (χ3v) is 6.84. The Balaban J connectivity index is 1.49. The van der Waals surface area contributed by atoms with Crippen LogP contribution >= 0.6 is 11.8 Å². The minimum atomic E-state index is 0.0697. The molecule has 4 nitrogen and oxygen atoms in total. The Kier molecular flexibility index (Phi) is 5.63. The lowest BCUT2D eigenvalue weighted by molar-refractivity contribution is -0.135. The zero-order valence-corrected chi connectivity index (χ0v) is 15.7. The van der Waals surface area contributed by atoms with Gasteiger partial charge in [-0.15, -0.1) is 0 Å². The van der Waals surface area contributed by atoms with Crippen LogP contribution in [0.3, 0.4) is 0 Å². The van der Waals surface area contributed by atoms with Crippen LogP contribution in [0.25, 0.3) is 0 Å². The molecule has 0 spiro atoms. The molecule has 0 radical (unpaired) electrons. The van der Waals surface area contributed by atoms with Crippen molar-refractivity contribution in [3.63, 3.8) is 0 Å². The maximum absolute atomic E-state index is 13.4. The first-order valence-electron chi connectivity index (χ1n) is 9.59. The summed E-state index contributed by atoms with van der Waals surface area (Å²) < 4.78 is 5.47. The fourth-order valence-electron chi connectivity index (χ4n) is 4.39. The lowest BCUT2D eigenvalue weighted by Gasteiger charge is -2.41. The minimum Gasteiger partial charge on any atom is -0.379 e. The van der Waals surface area contributed by atoms with E-state index < -0.39 is 0 Å². The number of thioether (sulfide) groups is 1. The predicted octanol–water partition coefficient (Wildman–Crippen LogP) is 2.38. The Morgan fingerprint density at radius 2 is 2.04 bits per heavy atom. The molecule has 1 amide bonds. The topological polar surface area (TPSA) is 32.8 Å². The molecule has 2 aliphatic heterocycles. The van der Waals surface area contributed by atoms with E-state index in [9.17, 15) is 4.79 Å². The van der Waals surface area contributed by atoms with Gasteiger partial charge in [0.05, 0.1) is 25.2 Å². The molecule has 0 bridgehead atoms. The van der Waals surface area contributed by atoms with E-state index in [1.54, 1.807) is 0 Å². The number of rotatable bonds is 3. The van der Waals surface area contributed by atoms with Gasteiger partial charge >= 0.3 is 0 Å². The Bertz CT molecular complexity index is 603. The number of nitrogens with zero attached hydrogens (tertiary/aromatic N) is 2. The normalized spacial score (nSPS) is 27.8. The summed E-state index contributed by atoms with van der Waals surface area (Å²) in [5.41, 5.74) is 2.66. The minimum absolute atomic E-state index is 0.0697. The van der Waals surface area contributed by atoms with Crippen LogP contribution in [0.2, 0.25) is 0 Å². The number of carbonyl (C=O) groups excluding carboxylic acids is 1. The van der Waals surface area contributed by atoms with E-state index in [0.29, 0.717) is 11.9 Å². The summed E-state index contributed by atoms with van der Waals surface area (Å²) in [5.74, 6) is 2.57. The van der Waals surface area contributed by atoms with Crippen molar-refractivity contribution in [2.45, 2.75) is 31.2 Å². The van der Waals surface area contributed by atoms with Crippen LogP contribution in [0.1, 0.15) is 29.9 Å². The highest BCUT2D eigenvalue weighted by Gasteiger charge is 2.35. The SMILES string of the molecule is O=C(C1CCCc2ccccc21)N1CCSCC1CN1CCOCC1. The fraction of sp³-hybridized carbons (Fsp3) is 0.650. The van der Waals surface area contributed by atoms with Crippen LogP contribution in [0.4, 0.5) is 0 Å². The average molecular weight is 361 g/mol. The summed E-state index contributed by atoms with van der Waals surface area (Å²) >= 11 is 1.99. The standard InChI is InChI=1S/C20H28N2O2S/c23-20(19-7-3-5-16-4-1-2-6-18(16)19)22-10-13-25-15-17(22)14-21-8-11-24-12-9-21/h1-2,4,6,17,19H,3,5,7-15H2. The smallest absolute Gasteiger partial charge is 0.230 e. The third-order valence-electron chi connectivity index (χ3n) is 5.75. The molecule has 0 N–H and O–H groups in total. The molecule has 2 atom stereocenters. The largest absolute Gasteiger partial charge is 0.379 e. The summed E-state index contributed by atoms with van der Waals surface area (Å²) in [6.45, 7) is 5.53. The summed E-state index contributed by atoms with van der Waals surface area (Å²) in [5, 5.41) is 0. The second-order valence-electron chi connectivity index (χ2n) is 7.32. The summed E-state index contributed by atoms with van der Waals surface area (Å²) in [6.07, 6.45) is 3.25.